The summed E-state index contributed by atoms with van der Waals surface area (Å²) in [5, 5.41) is 17.1. The number of hydrogen-bond acceptors (Lipinski definition) is 2. The quantitative estimate of drug-likeness (QED) is 0.736. The molecular weight excluding hydrogens is 274 g/mol. The minimum absolute atomic E-state index is 0.197. The van der Waals surface area contributed by atoms with Crippen molar-refractivity contribution in [2.24, 2.45) is 0 Å². The average molecular weight is 278 g/mol. The summed E-state index contributed by atoms with van der Waals surface area (Å²) in [5.74, 6) is 0. The molecular formula is C11H4F6N2. The van der Waals surface area contributed by atoms with Crippen molar-refractivity contribution in [1.29, 1.82) is 10.5 Å². The fourth-order valence-electron chi connectivity index (χ4n) is 1.54. The Morgan fingerprint density at radius 2 is 1.37 bits per heavy atom. The predicted molar refractivity (Wildman–Crippen MR) is 50.5 cm³/mol. The zero-order valence-electron chi connectivity index (χ0n) is 9.02. The van der Waals surface area contributed by atoms with Crippen molar-refractivity contribution >= 4 is 0 Å². The van der Waals surface area contributed by atoms with E-state index in [0.29, 0.717) is 0 Å². The molecule has 8 heteroatoms. The second-order valence-electron chi connectivity index (χ2n) is 3.46. The number of nitrogens with zero attached hydrogens (tertiary/aromatic N) is 2. The van der Waals surface area contributed by atoms with Crippen LogP contribution in [0.4, 0.5) is 26.3 Å². The molecule has 0 spiro atoms. The van der Waals surface area contributed by atoms with Gasteiger partial charge in [0, 0.05) is 0 Å². The summed E-state index contributed by atoms with van der Waals surface area (Å²) in [6.07, 6.45) is -10.8. The third-order valence-corrected chi connectivity index (χ3v) is 2.29. The normalized spacial score (nSPS) is 11.8. The maximum Gasteiger partial charge on any atom is 0.417 e. The second kappa shape index (κ2) is 4.81. The van der Waals surface area contributed by atoms with E-state index in [4.69, 9.17) is 10.5 Å². The molecule has 2 nitrogen and oxygen atoms in total. The molecule has 0 fully saturated rings. The summed E-state index contributed by atoms with van der Waals surface area (Å²) in [7, 11) is 0. The lowest BCUT2D eigenvalue weighted by molar-refractivity contribution is -0.142. The Balaban J connectivity index is 3.69. The molecule has 19 heavy (non-hydrogen) atoms. The van der Waals surface area contributed by atoms with Crippen LogP contribution < -0.4 is 0 Å². The van der Waals surface area contributed by atoms with Crippen LogP contribution in [-0.2, 0) is 18.8 Å². The van der Waals surface area contributed by atoms with Gasteiger partial charge < -0.3 is 0 Å². The largest absolute Gasteiger partial charge is 0.417 e. The molecule has 0 aliphatic carbocycles. The number of halogens is 6. The fourth-order valence-corrected chi connectivity index (χ4v) is 1.54. The SMILES string of the molecule is N#CCc1c(C(F)(F)F)ccc(C(F)(F)F)c1C#N. The van der Waals surface area contributed by atoms with E-state index >= 15 is 0 Å². The van der Waals surface area contributed by atoms with E-state index in [1.807, 2.05) is 0 Å². The lowest BCUT2D eigenvalue weighted by atomic mass is 9.94. The first kappa shape index (κ1) is 14.8. The van der Waals surface area contributed by atoms with Gasteiger partial charge in [-0.1, -0.05) is 0 Å². The highest BCUT2D eigenvalue weighted by Crippen LogP contribution is 2.39. The highest BCUT2D eigenvalue weighted by atomic mass is 19.4. The third-order valence-electron chi connectivity index (χ3n) is 2.29. The van der Waals surface area contributed by atoms with Gasteiger partial charge in [-0.25, -0.2) is 0 Å². The van der Waals surface area contributed by atoms with Crippen molar-refractivity contribution in [3.8, 4) is 12.1 Å². The average Bonchev–Trinajstić information content (AvgIpc) is 2.26. The van der Waals surface area contributed by atoms with Crippen LogP contribution in [0.1, 0.15) is 22.3 Å². The molecule has 0 aliphatic heterocycles. The number of rotatable bonds is 1. The number of alkyl halides is 6. The molecule has 0 aromatic heterocycles. The van der Waals surface area contributed by atoms with Crippen LogP contribution in [-0.4, -0.2) is 0 Å². The van der Waals surface area contributed by atoms with Crippen molar-refractivity contribution in [1.82, 2.24) is 0 Å². The summed E-state index contributed by atoms with van der Waals surface area (Å²) in [6, 6.07) is 2.86. The van der Waals surface area contributed by atoms with Crippen LogP contribution in [0.15, 0.2) is 12.1 Å². The van der Waals surface area contributed by atoms with Crippen molar-refractivity contribution in [3.05, 3.63) is 34.4 Å². The van der Waals surface area contributed by atoms with Crippen molar-refractivity contribution in [2.75, 3.05) is 0 Å². The first-order chi connectivity index (χ1) is 8.62. The molecule has 1 aromatic carbocycles. The standard InChI is InChI=1S/C11H4F6N2/c12-10(13,14)8-1-2-9(11(15,16)17)7(5-19)6(8)3-4-18/h1-2H,3H2. The molecule has 0 atom stereocenters. The van der Waals surface area contributed by atoms with Crippen LogP contribution >= 0.6 is 0 Å². The van der Waals surface area contributed by atoms with E-state index in [-0.39, 0.29) is 12.1 Å². The van der Waals surface area contributed by atoms with Gasteiger partial charge >= 0.3 is 12.4 Å². The molecule has 0 aliphatic rings. The zero-order chi connectivity index (χ0) is 14.8. The van der Waals surface area contributed by atoms with E-state index in [1.165, 1.54) is 6.07 Å². The summed E-state index contributed by atoms with van der Waals surface area (Å²) >= 11 is 0. The van der Waals surface area contributed by atoms with Crippen molar-refractivity contribution in [3.63, 3.8) is 0 Å². The second-order valence-corrected chi connectivity index (χ2v) is 3.46. The van der Waals surface area contributed by atoms with Crippen LogP contribution in [0.2, 0.25) is 0 Å². The van der Waals surface area contributed by atoms with E-state index in [9.17, 15) is 26.3 Å². The van der Waals surface area contributed by atoms with Gasteiger partial charge in [-0.2, -0.15) is 36.9 Å². The van der Waals surface area contributed by atoms with E-state index < -0.39 is 41.0 Å². The molecule has 0 saturated heterocycles. The predicted octanol–water partition coefficient (Wildman–Crippen LogP) is 3.66. The Bertz CT molecular complexity index is 571. The Labute approximate surface area is 103 Å². The molecule has 0 bridgehead atoms. The summed E-state index contributed by atoms with van der Waals surface area (Å²) < 4.78 is 75.6. The van der Waals surface area contributed by atoms with Gasteiger partial charge in [0.05, 0.1) is 29.2 Å². The minimum Gasteiger partial charge on any atom is -0.198 e. The van der Waals surface area contributed by atoms with E-state index in [1.54, 1.807) is 0 Å². The molecule has 100 valence electrons. The molecule has 1 aromatic rings. The van der Waals surface area contributed by atoms with Gasteiger partial charge in [0.2, 0.25) is 0 Å². The summed E-state index contributed by atoms with van der Waals surface area (Å²) in [5.41, 5.74) is -5.00. The van der Waals surface area contributed by atoms with Gasteiger partial charge in [-0.3, -0.25) is 0 Å². The smallest absolute Gasteiger partial charge is 0.198 e. The van der Waals surface area contributed by atoms with Gasteiger partial charge in [-0.05, 0) is 17.7 Å². The Hall–Kier alpha value is -2.22. The number of nitriles is 2. The summed E-state index contributed by atoms with van der Waals surface area (Å²) in [4.78, 5) is 0. The lowest BCUT2D eigenvalue weighted by Crippen LogP contribution is -2.15. The number of hydrogen-bond donors (Lipinski definition) is 0. The molecule has 0 radical (unpaired) electrons. The van der Waals surface area contributed by atoms with Crippen LogP contribution in [0.25, 0.3) is 0 Å². The molecule has 0 N–H and O–H groups in total. The first-order valence-corrected chi connectivity index (χ1v) is 4.70. The first-order valence-electron chi connectivity index (χ1n) is 4.70. The van der Waals surface area contributed by atoms with Crippen LogP contribution in [0.3, 0.4) is 0 Å². The fraction of sp³-hybridized carbons (Fsp3) is 0.273. The zero-order valence-corrected chi connectivity index (χ0v) is 9.02. The summed E-state index contributed by atoms with van der Waals surface area (Å²) in [6.45, 7) is 0. The Morgan fingerprint density at radius 1 is 0.895 bits per heavy atom. The van der Waals surface area contributed by atoms with Crippen molar-refractivity contribution in [2.45, 2.75) is 18.8 Å². The van der Waals surface area contributed by atoms with Crippen LogP contribution in [0, 0.1) is 22.7 Å². The lowest BCUT2D eigenvalue weighted by Gasteiger charge is -2.16. The molecule has 0 unspecified atom stereocenters. The molecule has 0 heterocycles. The number of benzene rings is 1. The Morgan fingerprint density at radius 3 is 1.74 bits per heavy atom. The van der Waals surface area contributed by atoms with E-state index in [0.717, 1.165) is 6.07 Å². The molecule has 0 saturated carbocycles. The Kier molecular flexibility index (Phi) is 3.75. The van der Waals surface area contributed by atoms with Gasteiger partial charge in [0.25, 0.3) is 0 Å². The topological polar surface area (TPSA) is 47.6 Å². The highest BCUT2D eigenvalue weighted by Gasteiger charge is 2.40. The third kappa shape index (κ3) is 2.97. The van der Waals surface area contributed by atoms with E-state index in [2.05, 4.69) is 0 Å². The van der Waals surface area contributed by atoms with Crippen LogP contribution in [0.5, 0.6) is 0 Å². The van der Waals surface area contributed by atoms with Crippen molar-refractivity contribution < 1.29 is 26.3 Å². The molecule has 0 amide bonds. The maximum atomic E-state index is 12.6. The monoisotopic (exact) mass is 278 g/mol. The van der Waals surface area contributed by atoms with Gasteiger partial charge in [0.15, 0.2) is 0 Å². The highest BCUT2D eigenvalue weighted by molar-refractivity contribution is 5.51. The van der Waals surface area contributed by atoms with Gasteiger partial charge in [0.1, 0.15) is 6.07 Å². The van der Waals surface area contributed by atoms with Gasteiger partial charge in [-0.15, -0.1) is 0 Å². The minimum atomic E-state index is -4.96. The maximum absolute atomic E-state index is 12.6. The molecule has 1 rings (SSSR count).